The molecule has 1 N–H and O–H groups in total. The SMILES string of the molecule is COCCn1c(SCC(=O)NCC#N)nc2cc(Cl)ccc21. The number of nitrogens with one attached hydrogen (secondary N) is 1. The number of benzene rings is 1. The van der Waals surface area contributed by atoms with Gasteiger partial charge in [0, 0.05) is 18.7 Å². The number of carbonyl (C=O) groups is 1. The molecule has 0 aliphatic rings. The third-order valence-electron chi connectivity index (χ3n) is 2.89. The van der Waals surface area contributed by atoms with Crippen molar-refractivity contribution in [1.82, 2.24) is 14.9 Å². The monoisotopic (exact) mass is 338 g/mol. The van der Waals surface area contributed by atoms with Crippen LogP contribution in [0.2, 0.25) is 5.02 Å². The van der Waals surface area contributed by atoms with Gasteiger partial charge in [-0.3, -0.25) is 4.79 Å². The Morgan fingerprint density at radius 3 is 3.14 bits per heavy atom. The number of hydrogen-bond acceptors (Lipinski definition) is 5. The second-order valence-electron chi connectivity index (χ2n) is 4.40. The third kappa shape index (κ3) is 4.13. The van der Waals surface area contributed by atoms with Gasteiger partial charge >= 0.3 is 0 Å². The number of rotatable bonds is 7. The summed E-state index contributed by atoms with van der Waals surface area (Å²) in [4.78, 5) is 16.1. The smallest absolute Gasteiger partial charge is 0.231 e. The van der Waals surface area contributed by atoms with E-state index in [1.807, 2.05) is 22.8 Å². The molecule has 6 nitrogen and oxygen atoms in total. The van der Waals surface area contributed by atoms with Crippen LogP contribution >= 0.6 is 23.4 Å². The Balaban J connectivity index is 2.19. The van der Waals surface area contributed by atoms with Crippen molar-refractivity contribution in [3.05, 3.63) is 23.2 Å². The molecule has 22 heavy (non-hydrogen) atoms. The lowest BCUT2D eigenvalue weighted by Crippen LogP contribution is -2.25. The Morgan fingerprint density at radius 1 is 1.59 bits per heavy atom. The molecule has 1 amide bonds. The Kier molecular flexibility index (Phi) is 6.07. The van der Waals surface area contributed by atoms with Gasteiger partial charge in [0.15, 0.2) is 5.16 Å². The van der Waals surface area contributed by atoms with E-state index in [0.29, 0.717) is 18.2 Å². The highest BCUT2D eigenvalue weighted by molar-refractivity contribution is 7.99. The van der Waals surface area contributed by atoms with Gasteiger partial charge in [-0.15, -0.1) is 0 Å². The van der Waals surface area contributed by atoms with E-state index < -0.39 is 0 Å². The van der Waals surface area contributed by atoms with Crippen molar-refractivity contribution in [2.75, 3.05) is 26.0 Å². The van der Waals surface area contributed by atoms with Crippen molar-refractivity contribution < 1.29 is 9.53 Å². The standard InChI is InChI=1S/C14H15ClN4O2S/c1-21-7-6-19-12-3-2-10(15)8-11(12)18-14(19)22-9-13(20)17-5-4-16/h2-3,8H,5-7,9H2,1H3,(H,17,20). The zero-order valence-electron chi connectivity index (χ0n) is 12.0. The minimum Gasteiger partial charge on any atom is -0.383 e. The van der Waals surface area contributed by atoms with Gasteiger partial charge in [-0.2, -0.15) is 5.26 Å². The average Bonchev–Trinajstić information content (AvgIpc) is 2.85. The van der Waals surface area contributed by atoms with Gasteiger partial charge in [-0.05, 0) is 18.2 Å². The largest absolute Gasteiger partial charge is 0.383 e. The number of thioether (sulfide) groups is 1. The lowest BCUT2D eigenvalue weighted by Gasteiger charge is -2.08. The highest BCUT2D eigenvalue weighted by Gasteiger charge is 2.13. The van der Waals surface area contributed by atoms with E-state index >= 15 is 0 Å². The molecule has 0 atom stereocenters. The van der Waals surface area contributed by atoms with Gasteiger partial charge < -0.3 is 14.6 Å². The van der Waals surface area contributed by atoms with Crippen LogP contribution in [0.5, 0.6) is 0 Å². The minimum atomic E-state index is -0.199. The maximum Gasteiger partial charge on any atom is 0.231 e. The lowest BCUT2D eigenvalue weighted by atomic mass is 10.3. The zero-order valence-corrected chi connectivity index (χ0v) is 13.6. The zero-order chi connectivity index (χ0) is 15.9. The maximum absolute atomic E-state index is 11.6. The van der Waals surface area contributed by atoms with Crippen molar-refractivity contribution in [3.8, 4) is 6.07 Å². The first-order valence-corrected chi connectivity index (χ1v) is 7.93. The number of halogens is 1. The number of nitriles is 1. The molecule has 1 heterocycles. The van der Waals surface area contributed by atoms with Crippen molar-refractivity contribution in [1.29, 1.82) is 5.26 Å². The normalized spacial score (nSPS) is 10.6. The fourth-order valence-corrected chi connectivity index (χ4v) is 2.95. The molecule has 0 aliphatic carbocycles. The van der Waals surface area contributed by atoms with E-state index in [9.17, 15) is 4.79 Å². The summed E-state index contributed by atoms with van der Waals surface area (Å²) < 4.78 is 7.12. The average molecular weight is 339 g/mol. The van der Waals surface area contributed by atoms with Gasteiger partial charge in [0.25, 0.3) is 0 Å². The highest BCUT2D eigenvalue weighted by Crippen LogP contribution is 2.26. The number of carbonyl (C=O) groups excluding carboxylic acids is 1. The molecule has 2 rings (SSSR count). The van der Waals surface area contributed by atoms with Crippen molar-refractivity contribution >= 4 is 40.3 Å². The Labute approximate surface area is 137 Å². The van der Waals surface area contributed by atoms with E-state index in [2.05, 4.69) is 10.3 Å². The first-order valence-electron chi connectivity index (χ1n) is 6.57. The van der Waals surface area contributed by atoms with Crippen molar-refractivity contribution in [2.45, 2.75) is 11.7 Å². The van der Waals surface area contributed by atoms with Gasteiger partial charge in [0.2, 0.25) is 5.91 Å². The van der Waals surface area contributed by atoms with Crippen LogP contribution in [0.4, 0.5) is 0 Å². The van der Waals surface area contributed by atoms with E-state index in [1.54, 1.807) is 13.2 Å². The Hall–Kier alpha value is -1.75. The van der Waals surface area contributed by atoms with Crippen LogP contribution in [0.3, 0.4) is 0 Å². The summed E-state index contributed by atoms with van der Waals surface area (Å²) >= 11 is 7.31. The van der Waals surface area contributed by atoms with Crippen molar-refractivity contribution in [2.24, 2.45) is 0 Å². The summed E-state index contributed by atoms with van der Waals surface area (Å²) in [5.74, 6) is 0.000976. The Bertz CT molecular complexity index is 711. The number of amides is 1. The molecule has 0 saturated carbocycles. The van der Waals surface area contributed by atoms with E-state index in [-0.39, 0.29) is 18.2 Å². The van der Waals surface area contributed by atoms with Crippen molar-refractivity contribution in [3.63, 3.8) is 0 Å². The molecule has 8 heteroatoms. The molecule has 2 aromatic rings. The topological polar surface area (TPSA) is 79.9 Å². The third-order valence-corrected chi connectivity index (χ3v) is 4.10. The number of methoxy groups -OCH3 is 1. The predicted octanol–water partition coefficient (Wildman–Crippen LogP) is 2.07. The minimum absolute atomic E-state index is 0.00902. The van der Waals surface area contributed by atoms with Crippen LogP contribution in [0.1, 0.15) is 0 Å². The van der Waals surface area contributed by atoms with Crippen LogP contribution < -0.4 is 5.32 Å². The van der Waals surface area contributed by atoms with E-state index in [0.717, 1.165) is 16.2 Å². The number of aromatic nitrogens is 2. The van der Waals surface area contributed by atoms with Gasteiger partial charge in [0.05, 0.1) is 29.5 Å². The van der Waals surface area contributed by atoms with Gasteiger partial charge in [-0.1, -0.05) is 23.4 Å². The van der Waals surface area contributed by atoms with Crippen LogP contribution in [0, 0.1) is 11.3 Å². The molecule has 0 saturated heterocycles. The van der Waals surface area contributed by atoms with Crippen LogP contribution in [-0.4, -0.2) is 41.5 Å². The molecule has 0 aliphatic heterocycles. The highest BCUT2D eigenvalue weighted by atomic mass is 35.5. The number of imidazole rings is 1. The fraction of sp³-hybridized carbons (Fsp3) is 0.357. The Morgan fingerprint density at radius 2 is 2.41 bits per heavy atom. The number of hydrogen-bond donors (Lipinski definition) is 1. The lowest BCUT2D eigenvalue weighted by molar-refractivity contribution is -0.118. The van der Waals surface area contributed by atoms with Crippen LogP contribution in [-0.2, 0) is 16.1 Å². The molecular formula is C14H15ClN4O2S. The summed E-state index contributed by atoms with van der Waals surface area (Å²) in [6, 6.07) is 7.37. The molecule has 1 aromatic heterocycles. The second-order valence-corrected chi connectivity index (χ2v) is 5.77. The van der Waals surface area contributed by atoms with Crippen LogP contribution in [0.25, 0.3) is 11.0 Å². The van der Waals surface area contributed by atoms with Crippen LogP contribution in [0.15, 0.2) is 23.4 Å². The quantitative estimate of drug-likeness (QED) is 0.617. The number of ether oxygens (including phenoxy) is 1. The molecule has 0 unspecified atom stereocenters. The molecule has 116 valence electrons. The molecule has 0 spiro atoms. The van der Waals surface area contributed by atoms with E-state index in [1.165, 1.54) is 11.8 Å². The molecular weight excluding hydrogens is 324 g/mol. The number of fused-ring (bicyclic) bond motifs is 1. The van der Waals surface area contributed by atoms with E-state index in [4.69, 9.17) is 21.6 Å². The molecule has 1 aromatic carbocycles. The van der Waals surface area contributed by atoms with Gasteiger partial charge in [-0.25, -0.2) is 4.98 Å². The maximum atomic E-state index is 11.6. The first-order chi connectivity index (χ1) is 10.7. The van der Waals surface area contributed by atoms with Gasteiger partial charge in [0.1, 0.15) is 6.54 Å². The summed E-state index contributed by atoms with van der Waals surface area (Å²) in [5, 5.41) is 12.3. The summed E-state index contributed by atoms with van der Waals surface area (Å²) in [7, 11) is 1.64. The number of nitrogens with zero attached hydrogens (tertiary/aromatic N) is 3. The first kappa shape index (κ1) is 16.6. The summed E-state index contributed by atoms with van der Waals surface area (Å²) in [6.07, 6.45) is 0. The summed E-state index contributed by atoms with van der Waals surface area (Å²) in [6.45, 7) is 1.19. The fourth-order valence-electron chi connectivity index (χ4n) is 1.91. The second kappa shape index (κ2) is 8.03. The molecule has 0 radical (unpaired) electrons. The molecule has 0 fully saturated rings. The molecule has 0 bridgehead atoms. The summed E-state index contributed by atoms with van der Waals surface area (Å²) in [5.41, 5.74) is 1.73. The predicted molar refractivity (Wildman–Crippen MR) is 86.0 cm³/mol.